The van der Waals surface area contributed by atoms with E-state index in [9.17, 15) is 0 Å². The van der Waals surface area contributed by atoms with Gasteiger partial charge in [-0.2, -0.15) is 0 Å². The molecule has 0 bridgehead atoms. The quantitative estimate of drug-likeness (QED) is 0.126. The summed E-state index contributed by atoms with van der Waals surface area (Å²) in [5.74, 6) is 2.68. The zero-order valence-electron chi connectivity index (χ0n) is 22.9. The van der Waals surface area contributed by atoms with E-state index in [1.54, 1.807) is 0 Å². The third-order valence-electron chi connectivity index (χ3n) is 8.34. The van der Waals surface area contributed by atoms with E-state index in [4.69, 9.17) is 11.4 Å². The second kappa shape index (κ2) is 9.73. The average molecular weight is 532 g/mol. The van der Waals surface area contributed by atoms with Crippen LogP contribution in [0.5, 0.6) is 0 Å². The molecule has 0 aliphatic carbocycles. The van der Waals surface area contributed by atoms with Crippen molar-refractivity contribution in [2.24, 2.45) is 0 Å². The lowest BCUT2D eigenvalue weighted by molar-refractivity contribution is 1.53. The molecule has 1 heteroatoms. The summed E-state index contributed by atoms with van der Waals surface area (Å²) in [5.41, 5.74) is 10.1. The Kier molecular flexibility index (Phi) is 5.59. The molecule has 194 valence electrons. The summed E-state index contributed by atoms with van der Waals surface area (Å²) in [4.78, 5) is 5.32. The molecular weight excluding hydrogens is 506 g/mol. The van der Waals surface area contributed by atoms with Crippen LogP contribution in [0.1, 0.15) is 5.56 Å². The van der Waals surface area contributed by atoms with Crippen LogP contribution >= 0.6 is 0 Å². The van der Waals surface area contributed by atoms with Gasteiger partial charge < -0.3 is 0 Å². The van der Waals surface area contributed by atoms with Gasteiger partial charge in [0.15, 0.2) is 0 Å². The molecular formula is C41H25N. The Balaban J connectivity index is 1.27. The molecule has 0 aliphatic rings. The molecule has 7 aromatic carbocycles. The number of fused-ring (bicyclic) bond motifs is 6. The minimum atomic E-state index is 0.895. The molecule has 0 unspecified atom stereocenters. The number of pyridine rings is 1. The predicted molar refractivity (Wildman–Crippen MR) is 179 cm³/mol. The second-order valence-corrected chi connectivity index (χ2v) is 10.7. The molecule has 0 saturated carbocycles. The SMILES string of the molecule is C#Cc1ccc(-c2ccc(-c3ccc(-c4c5ccc6ccccc6c5nc5c4ccc4ccccc45)cc3)cc2)cc1. The topological polar surface area (TPSA) is 12.9 Å². The highest BCUT2D eigenvalue weighted by Gasteiger charge is 2.15. The van der Waals surface area contributed by atoms with Gasteiger partial charge in [0.1, 0.15) is 0 Å². The molecule has 8 rings (SSSR count). The Labute approximate surface area is 244 Å². The molecule has 1 heterocycles. The summed E-state index contributed by atoms with van der Waals surface area (Å²) in [7, 11) is 0. The fourth-order valence-electron chi connectivity index (χ4n) is 6.17. The fraction of sp³-hybridized carbons (Fsp3) is 0. The number of aromatic nitrogens is 1. The molecule has 0 amide bonds. The fourth-order valence-corrected chi connectivity index (χ4v) is 6.17. The van der Waals surface area contributed by atoms with Gasteiger partial charge >= 0.3 is 0 Å². The highest BCUT2D eigenvalue weighted by molar-refractivity contribution is 6.21. The van der Waals surface area contributed by atoms with Crippen LogP contribution in [0.2, 0.25) is 0 Å². The lowest BCUT2D eigenvalue weighted by Gasteiger charge is -2.15. The van der Waals surface area contributed by atoms with Gasteiger partial charge in [-0.15, -0.1) is 6.42 Å². The maximum Gasteiger partial charge on any atom is 0.0794 e. The van der Waals surface area contributed by atoms with Gasteiger partial charge in [0.05, 0.1) is 11.0 Å². The average Bonchev–Trinajstić information content (AvgIpc) is 3.07. The molecule has 0 fully saturated rings. The molecule has 1 aromatic heterocycles. The van der Waals surface area contributed by atoms with Crippen molar-refractivity contribution in [2.75, 3.05) is 0 Å². The number of benzene rings is 7. The van der Waals surface area contributed by atoms with Crippen molar-refractivity contribution in [3.05, 3.63) is 151 Å². The smallest absolute Gasteiger partial charge is 0.0794 e. The number of hydrogen-bond acceptors (Lipinski definition) is 1. The van der Waals surface area contributed by atoms with Crippen molar-refractivity contribution in [2.45, 2.75) is 0 Å². The summed E-state index contributed by atoms with van der Waals surface area (Å²) in [6.45, 7) is 0. The van der Waals surface area contributed by atoms with E-state index < -0.39 is 0 Å². The summed E-state index contributed by atoms with van der Waals surface area (Å²) >= 11 is 0. The maximum atomic E-state index is 5.52. The first-order valence-electron chi connectivity index (χ1n) is 14.2. The largest absolute Gasteiger partial charge is 0.246 e. The normalized spacial score (nSPS) is 11.3. The zero-order valence-corrected chi connectivity index (χ0v) is 22.9. The first-order valence-corrected chi connectivity index (χ1v) is 14.2. The molecule has 42 heavy (non-hydrogen) atoms. The summed E-state index contributed by atoms with van der Waals surface area (Å²) in [5, 5.41) is 7.10. The first kappa shape index (κ1) is 24.1. The maximum absolute atomic E-state index is 5.52. The van der Waals surface area contributed by atoms with Gasteiger partial charge in [0.2, 0.25) is 0 Å². The third-order valence-corrected chi connectivity index (χ3v) is 8.34. The summed E-state index contributed by atoms with van der Waals surface area (Å²) < 4.78 is 0. The molecule has 0 spiro atoms. The van der Waals surface area contributed by atoms with Crippen LogP contribution in [0.25, 0.3) is 76.7 Å². The monoisotopic (exact) mass is 531 g/mol. The lowest BCUT2D eigenvalue weighted by atomic mass is 9.91. The van der Waals surface area contributed by atoms with Crippen molar-refractivity contribution in [3.8, 4) is 45.7 Å². The molecule has 0 N–H and O–H groups in total. The summed E-state index contributed by atoms with van der Waals surface area (Å²) in [6.07, 6.45) is 5.52. The van der Waals surface area contributed by atoms with Gasteiger partial charge in [-0.25, -0.2) is 4.98 Å². The van der Waals surface area contributed by atoms with Crippen LogP contribution in [-0.4, -0.2) is 4.98 Å². The number of terminal acetylenes is 1. The van der Waals surface area contributed by atoms with Crippen molar-refractivity contribution in [3.63, 3.8) is 0 Å². The molecule has 1 nitrogen and oxygen atoms in total. The number of rotatable bonds is 3. The van der Waals surface area contributed by atoms with Gasteiger partial charge in [-0.05, 0) is 50.7 Å². The highest BCUT2D eigenvalue weighted by Crippen LogP contribution is 2.40. The summed E-state index contributed by atoms with van der Waals surface area (Å²) in [6, 6.07) is 51.8. The van der Waals surface area contributed by atoms with Crippen LogP contribution in [-0.2, 0) is 0 Å². The van der Waals surface area contributed by atoms with Crippen molar-refractivity contribution in [1.29, 1.82) is 0 Å². The minimum Gasteiger partial charge on any atom is -0.246 e. The van der Waals surface area contributed by atoms with Gasteiger partial charge in [0, 0.05) is 32.7 Å². The van der Waals surface area contributed by atoms with E-state index in [0.717, 1.165) is 22.2 Å². The molecule has 0 atom stereocenters. The Morgan fingerprint density at radius 2 is 0.786 bits per heavy atom. The van der Waals surface area contributed by atoms with Crippen LogP contribution in [0.3, 0.4) is 0 Å². The van der Waals surface area contributed by atoms with Crippen molar-refractivity contribution < 1.29 is 0 Å². The second-order valence-electron chi connectivity index (χ2n) is 10.7. The van der Waals surface area contributed by atoms with E-state index >= 15 is 0 Å². The van der Waals surface area contributed by atoms with Crippen LogP contribution < -0.4 is 0 Å². The first-order chi connectivity index (χ1) is 20.8. The molecule has 0 aliphatic heterocycles. The Morgan fingerprint density at radius 3 is 1.24 bits per heavy atom. The lowest BCUT2D eigenvalue weighted by Crippen LogP contribution is -1.92. The van der Waals surface area contributed by atoms with Gasteiger partial charge in [0.25, 0.3) is 0 Å². The molecule has 0 saturated heterocycles. The van der Waals surface area contributed by atoms with E-state index in [2.05, 4.69) is 139 Å². The number of hydrogen-bond donors (Lipinski definition) is 0. The minimum absolute atomic E-state index is 0.895. The third kappa shape index (κ3) is 3.93. The highest BCUT2D eigenvalue weighted by atomic mass is 14.7. The van der Waals surface area contributed by atoms with E-state index in [0.29, 0.717) is 0 Å². The van der Waals surface area contributed by atoms with Crippen LogP contribution in [0.4, 0.5) is 0 Å². The zero-order chi connectivity index (χ0) is 28.0. The number of nitrogens with zero attached hydrogens (tertiary/aromatic N) is 1. The standard InChI is InChI=1S/C41H25N/c1-2-27-11-13-28(14-12-27)29-15-17-30(18-16-29)31-19-21-34(22-20-31)39-37-25-23-32-7-3-5-9-35(32)40(37)42-41-36-10-6-4-8-33(36)24-26-38(39)41/h1,3-26H. The van der Waals surface area contributed by atoms with Crippen molar-refractivity contribution >= 4 is 43.4 Å². The molecule has 8 aromatic rings. The van der Waals surface area contributed by atoms with E-state index in [-0.39, 0.29) is 0 Å². The van der Waals surface area contributed by atoms with Gasteiger partial charge in [-0.3, -0.25) is 0 Å². The predicted octanol–water partition coefficient (Wildman–Crippen LogP) is 10.7. The Morgan fingerprint density at radius 1 is 0.381 bits per heavy atom. The van der Waals surface area contributed by atoms with E-state index in [1.165, 1.54) is 60.1 Å². The Bertz CT molecular complexity index is 2230. The van der Waals surface area contributed by atoms with Crippen molar-refractivity contribution in [1.82, 2.24) is 4.98 Å². The van der Waals surface area contributed by atoms with Crippen LogP contribution in [0.15, 0.2) is 146 Å². The van der Waals surface area contributed by atoms with E-state index in [1.807, 2.05) is 12.1 Å². The Hall–Kier alpha value is -5.71. The molecule has 0 radical (unpaired) electrons. The van der Waals surface area contributed by atoms with Gasteiger partial charge in [-0.1, -0.05) is 139 Å². The van der Waals surface area contributed by atoms with Crippen LogP contribution in [0, 0.1) is 12.3 Å².